The Morgan fingerprint density at radius 2 is 0.714 bits per heavy atom. The normalized spacial score (nSPS) is 13.4. The Bertz CT molecular complexity index is 4150. The van der Waals surface area contributed by atoms with Crippen molar-refractivity contribution in [2.24, 2.45) is 0 Å². The highest BCUT2D eigenvalue weighted by Crippen LogP contribution is 2.53. The summed E-state index contributed by atoms with van der Waals surface area (Å²) in [5.41, 5.74) is 24.9. The minimum atomic E-state index is 0.0125. The van der Waals surface area contributed by atoms with Crippen molar-refractivity contribution >= 4 is 99.0 Å². The monoisotopic (exact) mass is 790 g/mol. The largest absolute Gasteiger partial charge is 0.310 e. The first-order chi connectivity index (χ1) is 31.3. The predicted octanol–water partition coefficient (Wildman–Crippen LogP) is 13.4. The van der Waals surface area contributed by atoms with Gasteiger partial charge in [0, 0.05) is 32.9 Å². The molecular formula is C60H31BN2. The van der Waals surface area contributed by atoms with Crippen molar-refractivity contribution in [3.63, 3.8) is 0 Å². The van der Waals surface area contributed by atoms with Crippen LogP contribution in [0.25, 0.3) is 143 Å². The van der Waals surface area contributed by atoms with Gasteiger partial charge in [-0.3, -0.25) is 0 Å². The summed E-state index contributed by atoms with van der Waals surface area (Å²) in [5.74, 6) is 0. The Morgan fingerprint density at radius 3 is 1.24 bits per heavy atom. The van der Waals surface area contributed by atoms with Crippen LogP contribution < -0.4 is 16.4 Å². The average molecular weight is 791 g/mol. The number of hydrogen-bond donors (Lipinski definition) is 0. The molecule has 2 aromatic heterocycles. The second kappa shape index (κ2) is 10.7. The minimum Gasteiger partial charge on any atom is -0.310 e. The zero-order valence-electron chi connectivity index (χ0n) is 33.9. The summed E-state index contributed by atoms with van der Waals surface area (Å²) in [4.78, 5) is 0. The molecule has 0 saturated carbocycles. The van der Waals surface area contributed by atoms with Gasteiger partial charge < -0.3 is 9.13 Å². The molecule has 17 rings (SSSR count). The zero-order valence-corrected chi connectivity index (χ0v) is 33.9. The third-order valence-electron chi connectivity index (χ3n) is 15.5. The summed E-state index contributed by atoms with van der Waals surface area (Å²) in [6, 6.07) is 72.1. The highest BCUT2D eigenvalue weighted by atomic mass is 15.0. The van der Waals surface area contributed by atoms with E-state index in [0.29, 0.717) is 0 Å². The first-order valence-corrected chi connectivity index (χ1v) is 22.2. The van der Waals surface area contributed by atoms with Crippen LogP contribution in [0.1, 0.15) is 0 Å². The Labute approximate surface area is 361 Å². The molecule has 0 amide bonds. The van der Waals surface area contributed by atoms with Crippen LogP contribution in [0.15, 0.2) is 188 Å². The fourth-order valence-electron chi connectivity index (χ4n) is 13.2. The number of aromatic nitrogens is 2. The molecular weight excluding hydrogens is 759 g/mol. The van der Waals surface area contributed by atoms with Gasteiger partial charge in [-0.2, -0.15) is 0 Å². The second-order valence-electron chi connectivity index (χ2n) is 18.3. The number of hydrogen-bond acceptors (Lipinski definition) is 0. The molecule has 284 valence electrons. The summed E-state index contributed by atoms with van der Waals surface area (Å²) in [7, 11) is 0. The van der Waals surface area contributed by atoms with Gasteiger partial charge in [-0.05, 0) is 135 Å². The maximum absolute atomic E-state index is 2.67. The molecule has 63 heavy (non-hydrogen) atoms. The first kappa shape index (κ1) is 31.7. The molecule has 2 aliphatic heterocycles. The van der Waals surface area contributed by atoms with Crippen LogP contribution in [0.4, 0.5) is 0 Å². The van der Waals surface area contributed by atoms with Gasteiger partial charge in [0.1, 0.15) is 0 Å². The highest BCUT2D eigenvalue weighted by molar-refractivity contribution is 7.00. The SMILES string of the molecule is c1ccc2c(c1)-c1cccc3cc4c5c(c13)c1c-2cccc1n5-c1cc(-c2ccc3ccccc3c2)cc2c1B4c1cc3cccc4c3c3c5c(cccc5n-2c13)-c1ccccc1-4. The molecule has 0 radical (unpaired) electrons. The molecule has 4 heterocycles. The third-order valence-corrected chi connectivity index (χ3v) is 15.5. The summed E-state index contributed by atoms with van der Waals surface area (Å²) in [6.07, 6.45) is 0. The lowest BCUT2D eigenvalue weighted by atomic mass is 9.34. The molecule has 0 bridgehead atoms. The minimum absolute atomic E-state index is 0.0125. The van der Waals surface area contributed by atoms with Crippen LogP contribution in [0.2, 0.25) is 0 Å². The molecule has 4 aliphatic rings. The lowest BCUT2D eigenvalue weighted by Gasteiger charge is -2.35. The fraction of sp³-hybridized carbons (Fsp3) is 0. The number of fused-ring (bicyclic) bond motifs is 13. The standard InChI is InChI=1S/C60H31BN2/c1-2-12-33-27-34(26-25-32(33)11-1)37-30-50-58-51(31-37)63-49-24-10-22-45-41-18-6-4-16-39(41)43-20-8-14-36-29-47(60(63)57(53(36)43)55(45)49)61(58)46-28-35-13-7-19-42-38-15-3-5-17-40(38)44-21-9-23-48-54(44)56(52(35)42)59(46)62(48)50/h1-31H. The van der Waals surface area contributed by atoms with Crippen molar-refractivity contribution in [3.05, 3.63) is 188 Å². The summed E-state index contributed by atoms with van der Waals surface area (Å²) >= 11 is 0. The van der Waals surface area contributed by atoms with Gasteiger partial charge in [0.15, 0.2) is 0 Å². The first-order valence-electron chi connectivity index (χ1n) is 22.2. The molecule has 13 aromatic rings. The van der Waals surface area contributed by atoms with E-state index in [4.69, 9.17) is 0 Å². The van der Waals surface area contributed by atoms with Crippen molar-refractivity contribution in [2.75, 3.05) is 0 Å². The molecule has 0 atom stereocenters. The maximum atomic E-state index is 2.67. The van der Waals surface area contributed by atoms with Crippen LogP contribution >= 0.6 is 0 Å². The Hall–Kier alpha value is -8.14. The van der Waals surface area contributed by atoms with Crippen molar-refractivity contribution in [2.45, 2.75) is 0 Å². The molecule has 3 heteroatoms. The lowest BCUT2D eigenvalue weighted by molar-refractivity contribution is 1.14. The van der Waals surface area contributed by atoms with Gasteiger partial charge in [0.25, 0.3) is 6.71 Å². The Balaban J connectivity index is 1.13. The van der Waals surface area contributed by atoms with Crippen molar-refractivity contribution < 1.29 is 0 Å². The quantitative estimate of drug-likeness (QED) is 0.147. The van der Waals surface area contributed by atoms with Gasteiger partial charge in [-0.15, -0.1) is 0 Å². The van der Waals surface area contributed by atoms with E-state index >= 15 is 0 Å². The summed E-state index contributed by atoms with van der Waals surface area (Å²) < 4.78 is 5.34. The molecule has 0 unspecified atom stereocenters. The van der Waals surface area contributed by atoms with E-state index in [1.165, 1.54) is 159 Å². The van der Waals surface area contributed by atoms with Crippen LogP contribution in [0, 0.1) is 0 Å². The van der Waals surface area contributed by atoms with E-state index in [2.05, 4.69) is 197 Å². The zero-order chi connectivity index (χ0) is 40.4. The lowest BCUT2D eigenvalue weighted by Crippen LogP contribution is -2.59. The molecule has 0 fully saturated rings. The fourth-order valence-corrected chi connectivity index (χ4v) is 13.2. The van der Waals surface area contributed by atoms with Gasteiger partial charge in [-0.1, -0.05) is 158 Å². The van der Waals surface area contributed by atoms with Gasteiger partial charge >= 0.3 is 0 Å². The average Bonchev–Trinajstić information content (AvgIpc) is 3.80. The molecule has 2 aliphatic carbocycles. The Kier molecular flexibility index (Phi) is 5.36. The van der Waals surface area contributed by atoms with Crippen LogP contribution in [0.3, 0.4) is 0 Å². The third kappa shape index (κ3) is 3.56. The number of rotatable bonds is 1. The predicted molar refractivity (Wildman–Crippen MR) is 267 cm³/mol. The number of nitrogens with zero attached hydrogens (tertiary/aromatic N) is 2. The second-order valence-corrected chi connectivity index (χ2v) is 18.3. The van der Waals surface area contributed by atoms with E-state index in [0.717, 1.165) is 0 Å². The van der Waals surface area contributed by atoms with E-state index in [9.17, 15) is 0 Å². The van der Waals surface area contributed by atoms with Crippen LogP contribution in [-0.4, -0.2) is 15.8 Å². The maximum Gasteiger partial charge on any atom is 0.252 e. The smallest absolute Gasteiger partial charge is 0.252 e. The molecule has 11 aromatic carbocycles. The molecule has 0 spiro atoms. The van der Waals surface area contributed by atoms with E-state index in [1.54, 1.807) is 0 Å². The van der Waals surface area contributed by atoms with Gasteiger partial charge in [0.2, 0.25) is 0 Å². The molecule has 2 nitrogen and oxygen atoms in total. The molecule has 0 N–H and O–H groups in total. The topological polar surface area (TPSA) is 9.86 Å². The van der Waals surface area contributed by atoms with E-state index in [-0.39, 0.29) is 6.71 Å². The van der Waals surface area contributed by atoms with Crippen LogP contribution in [-0.2, 0) is 0 Å². The number of benzene rings is 11. The van der Waals surface area contributed by atoms with Crippen molar-refractivity contribution in [1.82, 2.24) is 9.13 Å². The van der Waals surface area contributed by atoms with Gasteiger partial charge in [-0.25, -0.2) is 0 Å². The summed E-state index contributed by atoms with van der Waals surface area (Å²) in [5, 5.41) is 13.3. The van der Waals surface area contributed by atoms with E-state index < -0.39 is 0 Å². The van der Waals surface area contributed by atoms with Crippen molar-refractivity contribution in [3.8, 4) is 67.0 Å². The Morgan fingerprint density at radius 1 is 0.286 bits per heavy atom. The molecule has 0 saturated heterocycles. The van der Waals surface area contributed by atoms with E-state index in [1.807, 2.05) is 0 Å². The highest BCUT2D eigenvalue weighted by Gasteiger charge is 2.43. The van der Waals surface area contributed by atoms with Crippen molar-refractivity contribution in [1.29, 1.82) is 0 Å². The van der Waals surface area contributed by atoms with Crippen LogP contribution in [0.5, 0.6) is 0 Å². The summed E-state index contributed by atoms with van der Waals surface area (Å²) in [6.45, 7) is 0.0125. The van der Waals surface area contributed by atoms with Gasteiger partial charge in [0.05, 0.1) is 22.1 Å².